The number of carbonyl (C=O) groups excluding carboxylic acids is 2. The van der Waals surface area contributed by atoms with Crippen molar-refractivity contribution in [3.8, 4) is 11.5 Å². The van der Waals surface area contributed by atoms with Crippen molar-refractivity contribution >= 4 is 11.9 Å². The molecule has 1 aliphatic heterocycles. The molecule has 7 heteroatoms. The fourth-order valence-corrected chi connectivity index (χ4v) is 2.82. The summed E-state index contributed by atoms with van der Waals surface area (Å²) >= 11 is 0. The lowest BCUT2D eigenvalue weighted by atomic mass is 10.1. The van der Waals surface area contributed by atoms with Crippen molar-refractivity contribution in [3.63, 3.8) is 0 Å². The zero-order valence-corrected chi connectivity index (χ0v) is 14.4. The molecule has 1 amide bonds. The second kappa shape index (κ2) is 6.88. The highest BCUT2D eigenvalue weighted by Crippen LogP contribution is 2.32. The van der Waals surface area contributed by atoms with Crippen LogP contribution in [0.15, 0.2) is 18.2 Å². The van der Waals surface area contributed by atoms with E-state index in [2.05, 4.69) is 10.3 Å². The van der Waals surface area contributed by atoms with Gasteiger partial charge in [-0.25, -0.2) is 4.79 Å². The van der Waals surface area contributed by atoms with Gasteiger partial charge in [0.05, 0.1) is 12.2 Å². The van der Waals surface area contributed by atoms with Crippen LogP contribution in [0.4, 0.5) is 0 Å². The van der Waals surface area contributed by atoms with E-state index in [4.69, 9.17) is 14.2 Å². The summed E-state index contributed by atoms with van der Waals surface area (Å²) < 4.78 is 15.6. The molecule has 0 unspecified atom stereocenters. The molecule has 0 spiro atoms. The van der Waals surface area contributed by atoms with Crippen LogP contribution >= 0.6 is 0 Å². The zero-order chi connectivity index (χ0) is 18.0. The summed E-state index contributed by atoms with van der Waals surface area (Å²) in [5, 5.41) is 2.86. The van der Waals surface area contributed by atoms with Gasteiger partial charge in [0.25, 0.3) is 5.91 Å². The quantitative estimate of drug-likeness (QED) is 0.813. The number of aromatic nitrogens is 1. The predicted octanol–water partition coefficient (Wildman–Crippen LogP) is 2.47. The lowest BCUT2D eigenvalue weighted by Crippen LogP contribution is -2.24. The van der Waals surface area contributed by atoms with Gasteiger partial charge >= 0.3 is 5.97 Å². The van der Waals surface area contributed by atoms with Gasteiger partial charge in [-0.2, -0.15) is 0 Å². The maximum Gasteiger partial charge on any atom is 0.355 e. The number of rotatable bonds is 5. The van der Waals surface area contributed by atoms with Gasteiger partial charge in [-0.3, -0.25) is 4.79 Å². The van der Waals surface area contributed by atoms with Crippen LogP contribution in [-0.4, -0.2) is 30.3 Å². The first kappa shape index (κ1) is 16.9. The molecule has 1 aliphatic rings. The van der Waals surface area contributed by atoms with Gasteiger partial charge < -0.3 is 24.5 Å². The van der Waals surface area contributed by atoms with E-state index < -0.39 is 5.97 Å². The molecule has 0 saturated heterocycles. The Bertz CT molecular complexity index is 825. The maximum absolute atomic E-state index is 12.5. The van der Waals surface area contributed by atoms with Crippen molar-refractivity contribution in [2.45, 2.75) is 27.3 Å². The number of esters is 1. The largest absolute Gasteiger partial charge is 0.461 e. The fourth-order valence-electron chi connectivity index (χ4n) is 2.82. The summed E-state index contributed by atoms with van der Waals surface area (Å²) in [5.41, 5.74) is 2.88. The van der Waals surface area contributed by atoms with Crippen LogP contribution < -0.4 is 14.8 Å². The number of amides is 1. The number of hydrogen-bond donors (Lipinski definition) is 2. The molecule has 2 heterocycles. The van der Waals surface area contributed by atoms with Crippen molar-refractivity contribution in [3.05, 3.63) is 46.3 Å². The van der Waals surface area contributed by atoms with Crippen LogP contribution in [0.3, 0.4) is 0 Å². The second-order valence-electron chi connectivity index (χ2n) is 5.72. The maximum atomic E-state index is 12.5. The molecule has 0 bridgehead atoms. The van der Waals surface area contributed by atoms with E-state index in [1.54, 1.807) is 20.8 Å². The summed E-state index contributed by atoms with van der Waals surface area (Å²) in [5.74, 6) is 0.661. The molecular weight excluding hydrogens is 324 g/mol. The lowest BCUT2D eigenvalue weighted by Gasteiger charge is -2.07. The van der Waals surface area contributed by atoms with Crippen LogP contribution in [0.5, 0.6) is 11.5 Å². The minimum atomic E-state index is -0.460. The van der Waals surface area contributed by atoms with Gasteiger partial charge in [0.1, 0.15) is 5.69 Å². The van der Waals surface area contributed by atoms with Crippen molar-refractivity contribution in [1.82, 2.24) is 10.3 Å². The highest BCUT2D eigenvalue weighted by molar-refractivity contribution is 6.01. The smallest absolute Gasteiger partial charge is 0.355 e. The van der Waals surface area contributed by atoms with E-state index in [9.17, 15) is 9.59 Å². The van der Waals surface area contributed by atoms with E-state index in [0.717, 1.165) is 5.56 Å². The molecule has 0 aliphatic carbocycles. The van der Waals surface area contributed by atoms with E-state index in [0.29, 0.717) is 40.6 Å². The Morgan fingerprint density at radius 3 is 2.76 bits per heavy atom. The third kappa shape index (κ3) is 3.31. The Labute approximate surface area is 145 Å². The first-order chi connectivity index (χ1) is 12.0. The minimum absolute atomic E-state index is 0.212. The lowest BCUT2D eigenvalue weighted by molar-refractivity contribution is 0.0519. The second-order valence-corrected chi connectivity index (χ2v) is 5.72. The van der Waals surface area contributed by atoms with Crippen molar-refractivity contribution < 1.29 is 23.8 Å². The van der Waals surface area contributed by atoms with Gasteiger partial charge in [0.15, 0.2) is 11.5 Å². The molecule has 0 saturated carbocycles. The first-order valence-electron chi connectivity index (χ1n) is 8.04. The van der Waals surface area contributed by atoms with Crippen LogP contribution in [0.25, 0.3) is 0 Å². The number of fused-ring (bicyclic) bond motifs is 1. The van der Waals surface area contributed by atoms with Crippen LogP contribution in [0.1, 0.15) is 44.6 Å². The molecule has 25 heavy (non-hydrogen) atoms. The fraction of sp³-hybridized carbons (Fsp3) is 0.333. The van der Waals surface area contributed by atoms with E-state index >= 15 is 0 Å². The van der Waals surface area contributed by atoms with Gasteiger partial charge in [-0.1, -0.05) is 6.07 Å². The first-order valence-corrected chi connectivity index (χ1v) is 8.04. The summed E-state index contributed by atoms with van der Waals surface area (Å²) in [6.45, 7) is 6.05. The monoisotopic (exact) mass is 344 g/mol. The van der Waals surface area contributed by atoms with E-state index in [1.807, 2.05) is 18.2 Å². The van der Waals surface area contributed by atoms with Gasteiger partial charge in [-0.05, 0) is 44.0 Å². The molecule has 0 atom stereocenters. The summed E-state index contributed by atoms with van der Waals surface area (Å²) in [4.78, 5) is 27.4. The summed E-state index contributed by atoms with van der Waals surface area (Å²) in [6, 6.07) is 5.52. The van der Waals surface area contributed by atoms with Crippen molar-refractivity contribution in [2.24, 2.45) is 0 Å². The van der Waals surface area contributed by atoms with E-state index in [1.165, 1.54) is 0 Å². The number of hydrogen-bond acceptors (Lipinski definition) is 5. The molecule has 7 nitrogen and oxygen atoms in total. The summed E-state index contributed by atoms with van der Waals surface area (Å²) in [6.07, 6.45) is 0. The Hall–Kier alpha value is -2.96. The normalized spacial score (nSPS) is 12.1. The molecule has 3 rings (SSSR count). The SMILES string of the molecule is CCOC(=O)c1[nH]c(C)c(C(=O)NCc2ccc3c(c2)OCO3)c1C. The predicted molar refractivity (Wildman–Crippen MR) is 90.0 cm³/mol. The van der Waals surface area contributed by atoms with Crippen LogP contribution in [0.2, 0.25) is 0 Å². The topological polar surface area (TPSA) is 89.7 Å². The third-order valence-corrected chi connectivity index (χ3v) is 4.03. The molecule has 0 fully saturated rings. The van der Waals surface area contributed by atoms with Crippen LogP contribution in [-0.2, 0) is 11.3 Å². The van der Waals surface area contributed by atoms with Gasteiger partial charge in [-0.15, -0.1) is 0 Å². The molecule has 2 N–H and O–H groups in total. The van der Waals surface area contributed by atoms with Crippen LogP contribution in [0, 0.1) is 13.8 Å². The molecule has 2 aromatic rings. The Morgan fingerprint density at radius 1 is 1.24 bits per heavy atom. The molecule has 1 aromatic carbocycles. The number of ether oxygens (including phenoxy) is 3. The number of carbonyl (C=O) groups is 2. The number of aryl methyl sites for hydroxylation is 1. The standard InChI is InChI=1S/C18H20N2O5/c1-4-23-18(22)16-10(2)15(11(3)20-16)17(21)19-8-12-5-6-13-14(7-12)25-9-24-13/h5-7,20H,4,8-9H2,1-3H3,(H,19,21). The number of H-pyrrole nitrogens is 1. The minimum Gasteiger partial charge on any atom is -0.461 e. The average Bonchev–Trinajstić information content (AvgIpc) is 3.16. The third-order valence-electron chi connectivity index (χ3n) is 4.03. The number of benzene rings is 1. The van der Waals surface area contributed by atoms with Gasteiger partial charge in [0, 0.05) is 12.2 Å². The Kier molecular flexibility index (Phi) is 4.65. The highest BCUT2D eigenvalue weighted by Gasteiger charge is 2.22. The van der Waals surface area contributed by atoms with E-state index in [-0.39, 0.29) is 19.3 Å². The Morgan fingerprint density at radius 2 is 2.00 bits per heavy atom. The molecular formula is C18H20N2O5. The Balaban J connectivity index is 1.72. The van der Waals surface area contributed by atoms with Gasteiger partial charge in [0.2, 0.25) is 6.79 Å². The molecule has 0 radical (unpaired) electrons. The zero-order valence-electron chi connectivity index (χ0n) is 14.4. The molecule has 1 aromatic heterocycles. The summed E-state index contributed by atoms with van der Waals surface area (Å²) in [7, 11) is 0. The number of nitrogens with one attached hydrogen (secondary N) is 2. The number of aromatic amines is 1. The molecule has 132 valence electrons. The van der Waals surface area contributed by atoms with Crippen molar-refractivity contribution in [1.29, 1.82) is 0 Å². The highest BCUT2D eigenvalue weighted by atomic mass is 16.7. The average molecular weight is 344 g/mol. The van der Waals surface area contributed by atoms with Crippen molar-refractivity contribution in [2.75, 3.05) is 13.4 Å².